The van der Waals surface area contributed by atoms with E-state index in [-0.39, 0.29) is 17.6 Å². The van der Waals surface area contributed by atoms with Crippen LogP contribution in [0.3, 0.4) is 0 Å². The molecule has 1 aromatic carbocycles. The molecule has 1 aliphatic rings. The number of aromatic hydroxyl groups is 1. The van der Waals surface area contributed by atoms with Gasteiger partial charge in [-0.05, 0) is 25.1 Å². The Morgan fingerprint density at radius 3 is 2.59 bits per heavy atom. The summed E-state index contributed by atoms with van der Waals surface area (Å²) in [6.45, 7) is 6.39. The molecule has 7 heteroatoms. The first-order chi connectivity index (χ1) is 13.0. The van der Waals surface area contributed by atoms with Crippen LogP contribution in [0.4, 0.5) is 5.82 Å². The summed E-state index contributed by atoms with van der Waals surface area (Å²) in [6.07, 6.45) is 1.73. The fourth-order valence-corrected chi connectivity index (χ4v) is 3.23. The molecule has 2 N–H and O–H groups in total. The summed E-state index contributed by atoms with van der Waals surface area (Å²) in [5.41, 5.74) is 1.93. The van der Waals surface area contributed by atoms with Crippen LogP contribution in [0.25, 0.3) is 0 Å². The zero-order valence-corrected chi connectivity index (χ0v) is 15.6. The van der Waals surface area contributed by atoms with Crippen LogP contribution in [0.5, 0.6) is 5.75 Å². The van der Waals surface area contributed by atoms with Gasteiger partial charge < -0.3 is 20.2 Å². The molecular weight excluding hydrogens is 344 g/mol. The van der Waals surface area contributed by atoms with E-state index < -0.39 is 0 Å². The number of carbonyl (C=O) groups excluding carboxylic acids is 2. The number of hydrogen-bond acceptors (Lipinski definition) is 5. The van der Waals surface area contributed by atoms with Crippen molar-refractivity contribution in [2.75, 3.05) is 31.1 Å². The van der Waals surface area contributed by atoms with Crippen molar-refractivity contribution < 1.29 is 14.7 Å². The fourth-order valence-electron chi connectivity index (χ4n) is 3.23. The van der Waals surface area contributed by atoms with Crippen molar-refractivity contribution in [1.29, 1.82) is 0 Å². The Kier molecular flexibility index (Phi) is 5.59. The summed E-state index contributed by atoms with van der Waals surface area (Å²) < 4.78 is 0. The molecule has 2 amide bonds. The molecule has 0 radical (unpaired) electrons. The molecule has 1 aliphatic heterocycles. The standard InChI is InChI=1S/C20H24N4O3/c1-14-17(6-3-7-18(14)26)20(27)22-13-16-5-4-8-21-19(16)24-11-9-23(10-12-24)15(2)25/h3-8,26H,9-13H2,1-2H3,(H,22,27). The molecule has 1 fully saturated rings. The molecule has 2 heterocycles. The SMILES string of the molecule is CC(=O)N1CCN(c2ncccc2CNC(=O)c2cccc(O)c2C)CC1. The van der Waals surface area contributed by atoms with Crippen molar-refractivity contribution in [3.8, 4) is 5.75 Å². The largest absolute Gasteiger partial charge is 0.508 e. The predicted molar refractivity (Wildman–Crippen MR) is 103 cm³/mol. The lowest BCUT2D eigenvalue weighted by Crippen LogP contribution is -2.48. The minimum absolute atomic E-state index is 0.0876. The number of anilines is 1. The average molecular weight is 368 g/mol. The minimum Gasteiger partial charge on any atom is -0.508 e. The van der Waals surface area contributed by atoms with E-state index in [9.17, 15) is 14.7 Å². The fraction of sp³-hybridized carbons (Fsp3) is 0.350. The Bertz CT molecular complexity index is 845. The van der Waals surface area contributed by atoms with Gasteiger partial charge in [0, 0.05) is 62.5 Å². The maximum Gasteiger partial charge on any atom is 0.251 e. The van der Waals surface area contributed by atoms with Crippen LogP contribution < -0.4 is 10.2 Å². The van der Waals surface area contributed by atoms with E-state index in [1.165, 1.54) is 0 Å². The molecule has 142 valence electrons. The van der Waals surface area contributed by atoms with Gasteiger partial charge in [0.25, 0.3) is 5.91 Å². The van der Waals surface area contributed by atoms with E-state index in [1.807, 2.05) is 17.0 Å². The monoisotopic (exact) mass is 368 g/mol. The van der Waals surface area contributed by atoms with Gasteiger partial charge in [-0.15, -0.1) is 0 Å². The molecule has 3 rings (SSSR count). The average Bonchev–Trinajstić information content (AvgIpc) is 2.68. The Hall–Kier alpha value is -3.09. The Morgan fingerprint density at radius 1 is 1.15 bits per heavy atom. The quantitative estimate of drug-likeness (QED) is 0.858. The van der Waals surface area contributed by atoms with Gasteiger partial charge in [-0.2, -0.15) is 0 Å². The first-order valence-corrected chi connectivity index (χ1v) is 8.98. The third-order valence-electron chi connectivity index (χ3n) is 4.88. The Morgan fingerprint density at radius 2 is 1.89 bits per heavy atom. The zero-order chi connectivity index (χ0) is 19.4. The second-order valence-electron chi connectivity index (χ2n) is 6.61. The zero-order valence-electron chi connectivity index (χ0n) is 15.6. The number of piperazine rings is 1. The van der Waals surface area contributed by atoms with Gasteiger partial charge in [0.15, 0.2) is 0 Å². The van der Waals surface area contributed by atoms with Crippen LogP contribution >= 0.6 is 0 Å². The molecule has 1 saturated heterocycles. The first-order valence-electron chi connectivity index (χ1n) is 8.98. The van der Waals surface area contributed by atoms with E-state index in [1.54, 1.807) is 38.2 Å². The van der Waals surface area contributed by atoms with Crippen molar-refractivity contribution in [3.05, 3.63) is 53.2 Å². The summed E-state index contributed by atoms with van der Waals surface area (Å²) in [6, 6.07) is 8.69. The van der Waals surface area contributed by atoms with Crippen LogP contribution in [-0.4, -0.2) is 53.0 Å². The number of benzene rings is 1. The highest BCUT2D eigenvalue weighted by atomic mass is 16.3. The predicted octanol–water partition coefficient (Wildman–Crippen LogP) is 1.69. The van der Waals surface area contributed by atoms with E-state index in [2.05, 4.69) is 15.2 Å². The Balaban J connectivity index is 1.69. The topological polar surface area (TPSA) is 85.8 Å². The second kappa shape index (κ2) is 8.07. The summed E-state index contributed by atoms with van der Waals surface area (Å²) >= 11 is 0. The van der Waals surface area contributed by atoms with Crippen molar-refractivity contribution in [2.45, 2.75) is 20.4 Å². The van der Waals surface area contributed by atoms with Gasteiger partial charge in [-0.25, -0.2) is 4.98 Å². The summed E-state index contributed by atoms with van der Waals surface area (Å²) in [4.78, 5) is 32.4. The number of pyridine rings is 1. The highest BCUT2D eigenvalue weighted by molar-refractivity contribution is 5.96. The molecule has 7 nitrogen and oxygen atoms in total. The molecule has 0 aliphatic carbocycles. The number of phenolic OH excluding ortho intramolecular Hbond substituents is 1. The lowest BCUT2D eigenvalue weighted by molar-refractivity contribution is -0.129. The number of amides is 2. The highest BCUT2D eigenvalue weighted by Crippen LogP contribution is 2.21. The lowest BCUT2D eigenvalue weighted by atomic mass is 10.1. The first kappa shape index (κ1) is 18.7. The number of nitrogens with one attached hydrogen (secondary N) is 1. The molecule has 0 spiro atoms. The van der Waals surface area contributed by atoms with Crippen molar-refractivity contribution >= 4 is 17.6 Å². The smallest absolute Gasteiger partial charge is 0.251 e. The van der Waals surface area contributed by atoms with Crippen molar-refractivity contribution in [2.24, 2.45) is 0 Å². The summed E-state index contributed by atoms with van der Waals surface area (Å²) in [5.74, 6) is 0.783. The van der Waals surface area contributed by atoms with E-state index in [0.29, 0.717) is 43.9 Å². The number of carbonyl (C=O) groups is 2. The molecule has 0 unspecified atom stereocenters. The van der Waals surface area contributed by atoms with E-state index >= 15 is 0 Å². The summed E-state index contributed by atoms with van der Waals surface area (Å²) in [5, 5.41) is 12.7. The van der Waals surface area contributed by atoms with Gasteiger partial charge >= 0.3 is 0 Å². The van der Waals surface area contributed by atoms with Gasteiger partial charge in [-0.3, -0.25) is 9.59 Å². The van der Waals surface area contributed by atoms with Gasteiger partial charge in [-0.1, -0.05) is 12.1 Å². The van der Waals surface area contributed by atoms with Gasteiger partial charge in [0.2, 0.25) is 5.91 Å². The molecule has 0 saturated carbocycles. The maximum absolute atomic E-state index is 12.5. The molecule has 27 heavy (non-hydrogen) atoms. The third-order valence-corrected chi connectivity index (χ3v) is 4.88. The van der Waals surface area contributed by atoms with Crippen LogP contribution in [0.1, 0.15) is 28.4 Å². The summed E-state index contributed by atoms with van der Waals surface area (Å²) in [7, 11) is 0. The van der Waals surface area contributed by atoms with E-state index in [0.717, 1.165) is 11.4 Å². The van der Waals surface area contributed by atoms with Crippen molar-refractivity contribution in [3.63, 3.8) is 0 Å². The van der Waals surface area contributed by atoms with Gasteiger partial charge in [0.1, 0.15) is 11.6 Å². The third kappa shape index (κ3) is 4.19. The second-order valence-corrected chi connectivity index (χ2v) is 6.61. The number of nitrogens with zero attached hydrogens (tertiary/aromatic N) is 3. The van der Waals surface area contributed by atoms with Crippen LogP contribution in [0.2, 0.25) is 0 Å². The number of rotatable bonds is 4. The molecular formula is C20H24N4O3. The molecule has 2 aromatic rings. The number of aromatic nitrogens is 1. The number of hydrogen-bond donors (Lipinski definition) is 2. The van der Waals surface area contributed by atoms with Gasteiger partial charge in [0.05, 0.1) is 0 Å². The Labute approximate surface area is 158 Å². The highest BCUT2D eigenvalue weighted by Gasteiger charge is 2.21. The van der Waals surface area contributed by atoms with Crippen molar-refractivity contribution in [1.82, 2.24) is 15.2 Å². The van der Waals surface area contributed by atoms with Crippen LogP contribution in [-0.2, 0) is 11.3 Å². The lowest BCUT2D eigenvalue weighted by Gasteiger charge is -2.35. The minimum atomic E-state index is -0.236. The maximum atomic E-state index is 12.5. The van der Waals surface area contributed by atoms with Crippen LogP contribution in [0, 0.1) is 6.92 Å². The molecule has 1 aromatic heterocycles. The van der Waals surface area contributed by atoms with E-state index in [4.69, 9.17) is 0 Å². The molecule has 0 atom stereocenters. The number of phenols is 1. The molecule has 0 bridgehead atoms. The van der Waals surface area contributed by atoms with Crippen LogP contribution in [0.15, 0.2) is 36.5 Å². The normalized spacial score (nSPS) is 14.1.